The van der Waals surface area contributed by atoms with Gasteiger partial charge in [-0.25, -0.2) is 8.42 Å². The Morgan fingerprint density at radius 1 is 0.654 bits per heavy atom. The van der Waals surface area contributed by atoms with E-state index in [1.807, 2.05) is 48.5 Å². The van der Waals surface area contributed by atoms with E-state index in [1.54, 1.807) is 12.1 Å². The van der Waals surface area contributed by atoms with Crippen molar-refractivity contribution in [1.29, 1.82) is 0 Å². The molecule has 1 aliphatic heterocycles. The van der Waals surface area contributed by atoms with Gasteiger partial charge in [-0.1, -0.05) is 56.1 Å². The van der Waals surface area contributed by atoms with E-state index in [1.165, 1.54) is 0 Å². The predicted molar refractivity (Wildman–Crippen MR) is 109 cm³/mol. The van der Waals surface area contributed by atoms with Gasteiger partial charge in [-0.05, 0) is 47.2 Å². The summed E-state index contributed by atoms with van der Waals surface area (Å²) < 4.78 is 35.0. The van der Waals surface area contributed by atoms with E-state index in [4.69, 9.17) is 4.74 Å². The molecule has 0 radical (unpaired) electrons. The van der Waals surface area contributed by atoms with Crippen molar-refractivity contribution in [3.63, 3.8) is 0 Å². The molecule has 0 saturated heterocycles. The Morgan fingerprint density at radius 3 is 1.58 bits per heavy atom. The molecule has 0 aliphatic carbocycles. The lowest BCUT2D eigenvalue weighted by Crippen LogP contribution is -2.12. The Morgan fingerprint density at radius 2 is 1.12 bits per heavy atom. The van der Waals surface area contributed by atoms with Crippen molar-refractivity contribution < 1.29 is 13.2 Å². The largest absolute Gasteiger partial charge is 0.455 e. The van der Waals surface area contributed by atoms with Crippen LogP contribution >= 0.6 is 31.9 Å². The minimum atomic E-state index is -3.74. The average Bonchev–Trinajstić information content (AvgIpc) is 2.60. The number of hydrogen-bond acceptors (Lipinski definition) is 3. The first kappa shape index (κ1) is 16.3. The molecule has 128 valence electrons. The number of sulfone groups is 1. The average molecular weight is 490 g/mol. The molecule has 0 spiro atoms. The van der Waals surface area contributed by atoms with E-state index in [9.17, 15) is 8.42 Å². The molecule has 0 amide bonds. The topological polar surface area (TPSA) is 43.4 Å². The second-order valence-corrected chi connectivity index (χ2v) is 9.78. The van der Waals surface area contributed by atoms with Crippen LogP contribution < -0.4 is 4.74 Å². The second-order valence-electron chi connectivity index (χ2n) is 6.12. The summed E-state index contributed by atoms with van der Waals surface area (Å²) in [5.74, 6) is 0.729. The van der Waals surface area contributed by atoms with Crippen LogP contribution in [0.3, 0.4) is 0 Å². The molecular weight excluding hydrogens is 480 g/mol. The van der Waals surface area contributed by atoms with Crippen LogP contribution in [0.4, 0.5) is 0 Å². The first-order valence-electron chi connectivity index (χ1n) is 7.83. The van der Waals surface area contributed by atoms with E-state index in [-0.39, 0.29) is 9.79 Å². The van der Waals surface area contributed by atoms with Crippen LogP contribution in [0.5, 0.6) is 11.5 Å². The van der Waals surface area contributed by atoms with E-state index < -0.39 is 9.84 Å². The van der Waals surface area contributed by atoms with Crippen LogP contribution in [0, 0.1) is 0 Å². The minimum absolute atomic E-state index is 0.227. The summed E-state index contributed by atoms with van der Waals surface area (Å²) in [5, 5.41) is 3.00. The van der Waals surface area contributed by atoms with Crippen molar-refractivity contribution in [3.8, 4) is 11.5 Å². The summed E-state index contributed by atoms with van der Waals surface area (Å²) in [6.45, 7) is 0. The standard InChI is InChI=1S/C20H10Br2O3S/c21-13-3-5-15-11(9-13)1-7-17-19(15)26(23,24)20-16-6-4-14(22)10-12(16)2-8-18(20)25-17/h1-10H. The molecule has 1 heterocycles. The molecule has 0 bridgehead atoms. The predicted octanol–water partition coefficient (Wildman–Crippen LogP) is 6.46. The number of benzene rings is 4. The summed E-state index contributed by atoms with van der Waals surface area (Å²) >= 11 is 6.87. The normalized spacial score (nSPS) is 14.7. The summed E-state index contributed by atoms with van der Waals surface area (Å²) in [7, 11) is -3.74. The van der Waals surface area contributed by atoms with Crippen LogP contribution in [0.25, 0.3) is 21.5 Å². The van der Waals surface area contributed by atoms with Gasteiger partial charge >= 0.3 is 0 Å². The van der Waals surface area contributed by atoms with Gasteiger partial charge in [-0.3, -0.25) is 0 Å². The van der Waals surface area contributed by atoms with Gasteiger partial charge in [0.25, 0.3) is 0 Å². The monoisotopic (exact) mass is 488 g/mol. The Bertz CT molecular complexity index is 1250. The molecule has 0 fully saturated rings. The Balaban J connectivity index is 1.92. The van der Waals surface area contributed by atoms with Gasteiger partial charge < -0.3 is 4.74 Å². The zero-order valence-corrected chi connectivity index (χ0v) is 17.2. The second kappa shape index (κ2) is 5.55. The highest BCUT2D eigenvalue weighted by Crippen LogP contribution is 2.48. The number of fused-ring (bicyclic) bond motifs is 6. The van der Waals surface area contributed by atoms with Gasteiger partial charge in [0.05, 0.1) is 0 Å². The van der Waals surface area contributed by atoms with Gasteiger partial charge in [0, 0.05) is 19.7 Å². The maximum absolute atomic E-state index is 13.6. The van der Waals surface area contributed by atoms with Gasteiger partial charge in [-0.2, -0.15) is 0 Å². The molecular formula is C20H10Br2O3S. The first-order valence-corrected chi connectivity index (χ1v) is 10.9. The number of ether oxygens (including phenoxy) is 1. The van der Waals surface area contributed by atoms with Crippen LogP contribution in [-0.2, 0) is 9.84 Å². The Kier molecular flexibility index (Phi) is 3.48. The van der Waals surface area contributed by atoms with Crippen molar-refractivity contribution in [2.75, 3.05) is 0 Å². The molecule has 1 aliphatic rings. The van der Waals surface area contributed by atoms with Crippen LogP contribution in [-0.4, -0.2) is 8.42 Å². The molecule has 4 aromatic carbocycles. The van der Waals surface area contributed by atoms with E-state index in [0.717, 1.165) is 19.7 Å². The molecule has 6 heteroatoms. The lowest BCUT2D eigenvalue weighted by Gasteiger charge is -2.23. The first-order chi connectivity index (χ1) is 12.4. The van der Waals surface area contributed by atoms with Crippen molar-refractivity contribution in [1.82, 2.24) is 0 Å². The molecule has 3 nitrogen and oxygen atoms in total. The highest BCUT2D eigenvalue weighted by Gasteiger charge is 2.34. The summed E-state index contributed by atoms with van der Waals surface area (Å²) in [4.78, 5) is 0.454. The highest BCUT2D eigenvalue weighted by molar-refractivity contribution is 9.10. The van der Waals surface area contributed by atoms with Gasteiger partial charge in [-0.15, -0.1) is 0 Å². The van der Waals surface area contributed by atoms with Crippen molar-refractivity contribution in [2.45, 2.75) is 9.79 Å². The molecule has 0 N–H and O–H groups in total. The Hall–Kier alpha value is -1.89. The molecule has 26 heavy (non-hydrogen) atoms. The SMILES string of the molecule is O=S1(=O)c2c(ccc3cc(Br)ccc23)Oc2ccc3cc(Br)ccc3c21. The van der Waals surface area contributed by atoms with Crippen molar-refractivity contribution in [2.24, 2.45) is 0 Å². The molecule has 4 aromatic rings. The third-order valence-electron chi connectivity index (χ3n) is 4.55. The fourth-order valence-corrected chi connectivity index (χ4v) is 6.10. The summed E-state index contributed by atoms with van der Waals surface area (Å²) in [5.41, 5.74) is 0. The highest BCUT2D eigenvalue weighted by atomic mass is 79.9. The van der Waals surface area contributed by atoms with Crippen LogP contribution in [0.1, 0.15) is 0 Å². The molecule has 0 unspecified atom stereocenters. The Labute approximate surface area is 166 Å². The van der Waals surface area contributed by atoms with Crippen LogP contribution in [0.2, 0.25) is 0 Å². The molecule has 0 atom stereocenters. The summed E-state index contributed by atoms with van der Waals surface area (Å²) in [6, 6.07) is 18.3. The lowest BCUT2D eigenvalue weighted by molar-refractivity contribution is 0.447. The molecule has 5 rings (SSSR count). The zero-order valence-electron chi connectivity index (χ0n) is 13.2. The van der Waals surface area contributed by atoms with Gasteiger partial charge in [0.2, 0.25) is 9.84 Å². The van der Waals surface area contributed by atoms with Crippen molar-refractivity contribution in [3.05, 3.63) is 69.6 Å². The molecule has 0 saturated carbocycles. The van der Waals surface area contributed by atoms with E-state index in [0.29, 0.717) is 22.3 Å². The van der Waals surface area contributed by atoms with E-state index >= 15 is 0 Å². The lowest BCUT2D eigenvalue weighted by atomic mass is 10.1. The quantitative estimate of drug-likeness (QED) is 0.251. The third-order valence-corrected chi connectivity index (χ3v) is 7.45. The minimum Gasteiger partial charge on any atom is -0.455 e. The smallest absolute Gasteiger partial charge is 0.215 e. The number of hydrogen-bond donors (Lipinski definition) is 0. The summed E-state index contributed by atoms with van der Waals surface area (Å²) in [6.07, 6.45) is 0. The third kappa shape index (κ3) is 2.25. The van der Waals surface area contributed by atoms with Gasteiger partial charge in [0.1, 0.15) is 21.3 Å². The maximum Gasteiger partial charge on any atom is 0.215 e. The maximum atomic E-state index is 13.6. The number of rotatable bonds is 0. The molecule has 0 aromatic heterocycles. The fourth-order valence-electron chi connectivity index (χ4n) is 3.44. The van der Waals surface area contributed by atoms with E-state index in [2.05, 4.69) is 31.9 Å². The van der Waals surface area contributed by atoms with Crippen LogP contribution in [0.15, 0.2) is 79.4 Å². The fraction of sp³-hybridized carbons (Fsp3) is 0. The van der Waals surface area contributed by atoms with Crippen molar-refractivity contribution >= 4 is 63.2 Å². The zero-order chi connectivity index (χ0) is 18.1. The number of halogens is 2. The van der Waals surface area contributed by atoms with Gasteiger partial charge in [0.15, 0.2) is 0 Å².